The van der Waals surface area contributed by atoms with Gasteiger partial charge in [-0.2, -0.15) is 8.78 Å². The highest BCUT2D eigenvalue weighted by Crippen LogP contribution is 2.29. The molecule has 0 saturated heterocycles. The van der Waals surface area contributed by atoms with Gasteiger partial charge in [0.05, 0.1) is 4.92 Å². The molecule has 0 bridgehead atoms. The van der Waals surface area contributed by atoms with Crippen LogP contribution in [0.3, 0.4) is 0 Å². The Bertz CT molecular complexity index is 439. The summed E-state index contributed by atoms with van der Waals surface area (Å²) in [7, 11) is 0. The molecule has 0 fully saturated rings. The van der Waals surface area contributed by atoms with Gasteiger partial charge in [0, 0.05) is 12.6 Å². The van der Waals surface area contributed by atoms with Crippen LogP contribution in [0.2, 0.25) is 0 Å². The van der Waals surface area contributed by atoms with Gasteiger partial charge in [-0.05, 0) is 24.1 Å². The lowest BCUT2D eigenvalue weighted by Gasteiger charge is -2.10. The zero-order chi connectivity index (χ0) is 14.4. The van der Waals surface area contributed by atoms with Gasteiger partial charge in [0.25, 0.3) is 0 Å². The summed E-state index contributed by atoms with van der Waals surface area (Å²) in [5, 5.41) is 13.8. The van der Waals surface area contributed by atoms with Gasteiger partial charge < -0.3 is 10.1 Å². The van der Waals surface area contributed by atoms with Crippen molar-refractivity contribution in [2.24, 2.45) is 5.92 Å². The molecule has 0 heterocycles. The minimum Gasteiger partial charge on any atom is -0.427 e. The summed E-state index contributed by atoms with van der Waals surface area (Å²) >= 11 is 0. The van der Waals surface area contributed by atoms with Crippen LogP contribution in [0.25, 0.3) is 0 Å². The van der Waals surface area contributed by atoms with Crippen molar-refractivity contribution in [3.05, 3.63) is 33.9 Å². The molecule has 0 atom stereocenters. The zero-order valence-corrected chi connectivity index (χ0v) is 10.7. The number of benzene rings is 1. The van der Waals surface area contributed by atoms with Crippen LogP contribution in [-0.2, 0) is 6.54 Å². The fourth-order valence-corrected chi connectivity index (χ4v) is 1.51. The minimum absolute atomic E-state index is 0.413. The first-order valence-electron chi connectivity index (χ1n) is 5.83. The van der Waals surface area contributed by atoms with Crippen LogP contribution in [0.5, 0.6) is 5.75 Å². The number of alkyl halides is 2. The first kappa shape index (κ1) is 15.3. The maximum absolute atomic E-state index is 12.2. The molecule has 0 aromatic heterocycles. The Labute approximate surface area is 109 Å². The molecule has 0 spiro atoms. The lowest BCUT2D eigenvalue weighted by molar-refractivity contribution is -0.386. The second kappa shape index (κ2) is 6.98. The number of hydrogen-bond acceptors (Lipinski definition) is 4. The molecular formula is C12H16F2N2O3. The van der Waals surface area contributed by atoms with Crippen LogP contribution in [0.15, 0.2) is 18.2 Å². The lowest BCUT2D eigenvalue weighted by atomic mass is 10.1. The molecular weight excluding hydrogens is 258 g/mol. The number of ether oxygens (including phenoxy) is 1. The van der Waals surface area contributed by atoms with Gasteiger partial charge in [0.1, 0.15) is 0 Å². The Kier molecular flexibility index (Phi) is 5.62. The van der Waals surface area contributed by atoms with Crippen LogP contribution in [-0.4, -0.2) is 18.1 Å². The minimum atomic E-state index is -3.09. The topological polar surface area (TPSA) is 64.4 Å². The average Bonchev–Trinajstić information content (AvgIpc) is 2.27. The first-order chi connectivity index (χ1) is 8.90. The molecule has 0 saturated carbocycles. The summed E-state index contributed by atoms with van der Waals surface area (Å²) < 4.78 is 28.6. The van der Waals surface area contributed by atoms with Crippen molar-refractivity contribution >= 4 is 5.69 Å². The van der Waals surface area contributed by atoms with Crippen LogP contribution in [0, 0.1) is 16.0 Å². The molecule has 0 aliphatic rings. The number of halogens is 2. The van der Waals surface area contributed by atoms with E-state index in [4.69, 9.17) is 0 Å². The summed E-state index contributed by atoms with van der Waals surface area (Å²) in [5.74, 6) is 0.0404. The van der Waals surface area contributed by atoms with Crippen molar-refractivity contribution in [2.45, 2.75) is 27.0 Å². The van der Waals surface area contributed by atoms with E-state index in [1.165, 1.54) is 18.2 Å². The lowest BCUT2D eigenvalue weighted by Crippen LogP contribution is -2.19. The van der Waals surface area contributed by atoms with E-state index >= 15 is 0 Å². The smallest absolute Gasteiger partial charge is 0.387 e. The van der Waals surface area contributed by atoms with Gasteiger partial charge in [-0.15, -0.1) is 0 Å². The summed E-state index contributed by atoms with van der Waals surface area (Å²) in [6.45, 7) is 2.19. The van der Waals surface area contributed by atoms with Crippen LogP contribution >= 0.6 is 0 Å². The van der Waals surface area contributed by atoms with Crippen molar-refractivity contribution in [3.63, 3.8) is 0 Å². The molecule has 0 unspecified atom stereocenters. The predicted molar refractivity (Wildman–Crippen MR) is 66.3 cm³/mol. The van der Waals surface area contributed by atoms with Gasteiger partial charge in [0.2, 0.25) is 5.75 Å². The van der Waals surface area contributed by atoms with Crippen LogP contribution in [0.1, 0.15) is 19.4 Å². The Hall–Kier alpha value is -1.76. The molecule has 5 nitrogen and oxygen atoms in total. The van der Waals surface area contributed by atoms with Crippen LogP contribution < -0.4 is 10.1 Å². The Morgan fingerprint density at radius 1 is 1.42 bits per heavy atom. The highest BCUT2D eigenvalue weighted by molar-refractivity contribution is 5.48. The van der Waals surface area contributed by atoms with E-state index in [-0.39, 0.29) is 0 Å². The van der Waals surface area contributed by atoms with Crippen molar-refractivity contribution < 1.29 is 18.4 Å². The normalized spacial score (nSPS) is 11.1. The Balaban J connectivity index is 2.82. The molecule has 1 aromatic rings. The number of hydrogen-bond donors (Lipinski definition) is 1. The molecule has 0 radical (unpaired) electrons. The van der Waals surface area contributed by atoms with Crippen molar-refractivity contribution in [1.82, 2.24) is 5.32 Å². The third kappa shape index (κ3) is 5.17. The number of nitro benzene ring substituents is 1. The average molecular weight is 274 g/mol. The SMILES string of the molecule is CC(C)CNCc1ccc([N+](=O)[O-])c(OC(F)F)c1. The third-order valence-electron chi connectivity index (χ3n) is 2.32. The fraction of sp³-hybridized carbons (Fsp3) is 0.500. The molecule has 106 valence electrons. The van der Waals surface area contributed by atoms with Crippen molar-refractivity contribution in [3.8, 4) is 5.75 Å². The monoisotopic (exact) mass is 274 g/mol. The van der Waals surface area contributed by atoms with Crippen LogP contribution in [0.4, 0.5) is 14.5 Å². The maximum Gasteiger partial charge on any atom is 0.387 e. The highest BCUT2D eigenvalue weighted by atomic mass is 19.3. The van der Waals surface area contributed by atoms with E-state index in [0.29, 0.717) is 18.0 Å². The molecule has 1 rings (SSSR count). The summed E-state index contributed by atoms with van der Waals surface area (Å²) in [4.78, 5) is 9.94. The molecule has 0 aliphatic carbocycles. The Morgan fingerprint density at radius 3 is 2.63 bits per heavy atom. The van der Waals surface area contributed by atoms with Gasteiger partial charge in [-0.1, -0.05) is 19.9 Å². The molecule has 1 aromatic carbocycles. The van der Waals surface area contributed by atoms with Crippen molar-refractivity contribution in [2.75, 3.05) is 6.54 Å². The van der Waals surface area contributed by atoms with E-state index in [0.717, 1.165) is 6.54 Å². The van der Waals surface area contributed by atoms with Gasteiger partial charge in [-0.3, -0.25) is 10.1 Å². The second-order valence-corrected chi connectivity index (χ2v) is 4.46. The quantitative estimate of drug-likeness (QED) is 0.613. The summed E-state index contributed by atoms with van der Waals surface area (Å²) in [6, 6.07) is 3.95. The standard InChI is InChI=1S/C12H16F2N2O3/c1-8(2)6-15-7-9-3-4-10(16(17)18)11(5-9)19-12(13)14/h3-5,8,12,15H,6-7H2,1-2H3. The maximum atomic E-state index is 12.2. The highest BCUT2D eigenvalue weighted by Gasteiger charge is 2.18. The second-order valence-electron chi connectivity index (χ2n) is 4.46. The van der Waals surface area contributed by atoms with Gasteiger partial charge in [0.15, 0.2) is 0 Å². The largest absolute Gasteiger partial charge is 0.427 e. The summed E-state index contributed by atoms with van der Waals surface area (Å²) in [6.07, 6.45) is 0. The van der Waals surface area contributed by atoms with E-state index in [9.17, 15) is 18.9 Å². The van der Waals surface area contributed by atoms with E-state index < -0.39 is 23.0 Å². The number of nitro groups is 1. The van der Waals surface area contributed by atoms with Gasteiger partial charge >= 0.3 is 12.3 Å². The number of rotatable bonds is 7. The van der Waals surface area contributed by atoms with Gasteiger partial charge in [-0.25, -0.2) is 0 Å². The van der Waals surface area contributed by atoms with E-state index in [2.05, 4.69) is 10.1 Å². The molecule has 0 aliphatic heterocycles. The number of nitrogens with one attached hydrogen (secondary N) is 1. The zero-order valence-electron chi connectivity index (χ0n) is 10.7. The molecule has 1 N–H and O–H groups in total. The first-order valence-corrected chi connectivity index (χ1v) is 5.83. The van der Waals surface area contributed by atoms with Crippen molar-refractivity contribution in [1.29, 1.82) is 0 Å². The fourth-order valence-electron chi connectivity index (χ4n) is 1.51. The van der Waals surface area contributed by atoms with E-state index in [1.807, 2.05) is 13.8 Å². The number of nitrogens with zero attached hydrogens (tertiary/aromatic N) is 1. The molecule has 19 heavy (non-hydrogen) atoms. The summed E-state index contributed by atoms with van der Waals surface area (Å²) in [5.41, 5.74) is 0.190. The molecule has 7 heteroatoms. The molecule has 0 amide bonds. The van der Waals surface area contributed by atoms with E-state index in [1.54, 1.807) is 0 Å². The third-order valence-corrected chi connectivity index (χ3v) is 2.32. The Morgan fingerprint density at radius 2 is 2.11 bits per heavy atom. The predicted octanol–water partition coefficient (Wildman–Crippen LogP) is 2.94.